The summed E-state index contributed by atoms with van der Waals surface area (Å²) in [6.45, 7) is 8.04. The number of hydrogen-bond acceptors (Lipinski definition) is 4. The molecule has 1 aliphatic heterocycles. The highest BCUT2D eigenvalue weighted by Crippen LogP contribution is 2.38. The van der Waals surface area contributed by atoms with E-state index in [-0.39, 0.29) is 24.3 Å². The number of hydrogen-bond donors (Lipinski definition) is 1. The molecule has 3 aromatic rings. The van der Waals surface area contributed by atoms with Crippen LogP contribution in [0.1, 0.15) is 48.0 Å². The lowest BCUT2D eigenvalue weighted by molar-refractivity contribution is 0.102. The Morgan fingerprint density at radius 1 is 1.16 bits per heavy atom. The second kappa shape index (κ2) is 10.6. The van der Waals surface area contributed by atoms with Gasteiger partial charge in [-0.15, -0.1) is 0 Å². The smallest absolute Gasteiger partial charge is 0.255 e. The molecule has 1 aliphatic rings. The van der Waals surface area contributed by atoms with Crippen molar-refractivity contribution in [3.8, 4) is 11.1 Å². The molecule has 0 saturated carbocycles. The Morgan fingerprint density at radius 3 is 2.65 bits per heavy atom. The first kappa shape index (κ1) is 26.7. The van der Waals surface area contributed by atoms with E-state index in [2.05, 4.69) is 31.1 Å². The Bertz CT molecular complexity index is 1290. The van der Waals surface area contributed by atoms with Crippen molar-refractivity contribution in [2.75, 3.05) is 43.7 Å². The number of anilines is 2. The third-order valence-corrected chi connectivity index (χ3v) is 6.81. The van der Waals surface area contributed by atoms with E-state index in [9.17, 15) is 9.18 Å². The van der Waals surface area contributed by atoms with Crippen LogP contribution < -0.4 is 10.2 Å². The molecule has 0 aliphatic carbocycles. The Balaban J connectivity index is 1.63. The number of ether oxygens (including phenoxy) is 1. The van der Waals surface area contributed by atoms with Gasteiger partial charge in [0.05, 0.1) is 13.2 Å². The number of methoxy groups -OCH3 is 1. The minimum absolute atomic E-state index is 0.0130. The van der Waals surface area contributed by atoms with Gasteiger partial charge in [0.1, 0.15) is 6.67 Å². The summed E-state index contributed by atoms with van der Waals surface area (Å²) in [6, 6.07) is 15.2. The number of carbonyl (C=O) groups is 1. The van der Waals surface area contributed by atoms with Crippen LogP contribution >= 0.6 is 0 Å². The first-order valence-electron chi connectivity index (χ1n) is 12.5. The van der Waals surface area contributed by atoms with Crippen LogP contribution in [0.2, 0.25) is 0 Å². The molecule has 1 N–H and O–H groups in total. The Kier molecular flexibility index (Phi) is 7.64. The number of benzene rings is 2. The van der Waals surface area contributed by atoms with E-state index in [0.717, 1.165) is 33.6 Å². The monoisotopic (exact) mass is 507 g/mol. The van der Waals surface area contributed by atoms with Gasteiger partial charge >= 0.3 is 0 Å². The molecule has 0 unspecified atom stereocenters. The third kappa shape index (κ3) is 5.99. The maximum atomic E-state index is 15.0. The maximum absolute atomic E-state index is 15.0. The molecule has 0 radical (unpaired) electrons. The van der Waals surface area contributed by atoms with E-state index >= 15 is 4.39 Å². The molecule has 2 aromatic carbocycles. The molecule has 1 aromatic heterocycles. The second-order valence-corrected chi connectivity index (χ2v) is 10.9. The first-order valence-corrected chi connectivity index (χ1v) is 12.5. The minimum atomic E-state index is -1.90. The summed E-state index contributed by atoms with van der Waals surface area (Å²) >= 11 is 0. The highest BCUT2D eigenvalue weighted by Gasteiger charge is 2.38. The van der Waals surface area contributed by atoms with Crippen molar-refractivity contribution in [2.24, 2.45) is 0 Å². The van der Waals surface area contributed by atoms with Crippen molar-refractivity contribution in [3.63, 3.8) is 0 Å². The molecule has 37 heavy (non-hydrogen) atoms. The molecular weight excluding hydrogens is 472 g/mol. The van der Waals surface area contributed by atoms with E-state index in [1.807, 2.05) is 54.3 Å². The second-order valence-electron chi connectivity index (χ2n) is 10.9. The molecule has 196 valence electrons. The lowest BCUT2D eigenvalue weighted by Gasteiger charge is -2.39. The number of rotatable bonds is 7. The lowest BCUT2D eigenvalue weighted by Crippen LogP contribution is -2.48. The van der Waals surface area contributed by atoms with Crippen molar-refractivity contribution in [1.29, 1.82) is 0 Å². The van der Waals surface area contributed by atoms with Crippen molar-refractivity contribution in [1.82, 2.24) is 4.98 Å². The van der Waals surface area contributed by atoms with Crippen molar-refractivity contribution in [3.05, 3.63) is 77.1 Å². The minimum Gasteiger partial charge on any atom is -0.383 e. The van der Waals surface area contributed by atoms with Gasteiger partial charge in [0, 0.05) is 54.3 Å². The molecule has 4 rings (SSSR count). The number of halogens is 2. The molecular formula is C30H35F2N3O2. The van der Waals surface area contributed by atoms with Crippen LogP contribution in [0.15, 0.2) is 54.7 Å². The number of fused-ring (bicyclic) bond motifs is 1. The molecule has 1 atom stereocenters. The van der Waals surface area contributed by atoms with Gasteiger partial charge in [-0.1, -0.05) is 39.0 Å². The van der Waals surface area contributed by atoms with Gasteiger partial charge in [0.2, 0.25) is 0 Å². The summed E-state index contributed by atoms with van der Waals surface area (Å²) in [5.74, 6) is -0.204. The van der Waals surface area contributed by atoms with E-state index in [1.54, 1.807) is 19.4 Å². The van der Waals surface area contributed by atoms with Crippen LogP contribution in [0.25, 0.3) is 11.1 Å². The molecule has 7 heteroatoms. The van der Waals surface area contributed by atoms with Crippen molar-refractivity contribution < 1.29 is 18.3 Å². The molecule has 0 spiro atoms. The van der Waals surface area contributed by atoms with Gasteiger partial charge in [-0.3, -0.25) is 9.78 Å². The molecule has 1 amide bonds. The molecule has 5 nitrogen and oxygen atoms in total. The van der Waals surface area contributed by atoms with Crippen LogP contribution in [-0.4, -0.2) is 50.0 Å². The predicted octanol–water partition coefficient (Wildman–Crippen LogP) is 6.29. The number of nitrogens with zero attached hydrogens (tertiary/aromatic N) is 2. The number of amides is 1. The fraction of sp³-hybridized carbons (Fsp3) is 0.400. The summed E-state index contributed by atoms with van der Waals surface area (Å²) in [6.07, 6.45) is 1.70. The SMILES string of the molecule is COCCN1C[C@](F)(CF)Cc2ccc(-c3cc(NC(=O)c4ccnc(C(C)(C)C)c4)ccc3C)cc21. The van der Waals surface area contributed by atoms with Crippen LogP contribution in [0.4, 0.5) is 20.2 Å². The summed E-state index contributed by atoms with van der Waals surface area (Å²) in [5.41, 5.74) is 4.62. The number of aromatic nitrogens is 1. The average molecular weight is 508 g/mol. The third-order valence-electron chi connectivity index (χ3n) is 6.81. The zero-order valence-electron chi connectivity index (χ0n) is 22.2. The van der Waals surface area contributed by atoms with E-state index in [0.29, 0.717) is 24.4 Å². The Hall–Kier alpha value is -3.32. The average Bonchev–Trinajstić information content (AvgIpc) is 2.87. The van der Waals surface area contributed by atoms with Gasteiger partial charge in [-0.25, -0.2) is 8.78 Å². The zero-order chi connectivity index (χ0) is 26.8. The number of pyridine rings is 1. The fourth-order valence-electron chi connectivity index (χ4n) is 4.69. The number of carbonyl (C=O) groups excluding carboxylic acids is 1. The Labute approximate surface area is 217 Å². The largest absolute Gasteiger partial charge is 0.383 e. The lowest BCUT2D eigenvalue weighted by atomic mass is 9.88. The number of alkyl halides is 2. The van der Waals surface area contributed by atoms with Crippen LogP contribution in [0.5, 0.6) is 0 Å². The van der Waals surface area contributed by atoms with Crippen molar-refractivity contribution >= 4 is 17.3 Å². The topological polar surface area (TPSA) is 54.5 Å². The van der Waals surface area contributed by atoms with Gasteiger partial charge in [0.15, 0.2) is 5.67 Å². The summed E-state index contributed by atoms with van der Waals surface area (Å²) in [7, 11) is 1.60. The quantitative estimate of drug-likeness (QED) is 0.408. The van der Waals surface area contributed by atoms with E-state index in [4.69, 9.17) is 4.74 Å². The highest BCUT2D eigenvalue weighted by atomic mass is 19.2. The maximum Gasteiger partial charge on any atom is 0.255 e. The standard InChI is InChI=1S/C30H35F2N3O2/c1-20-6-9-24(34-28(36)22-10-11-33-27(15-22)29(2,3)4)16-25(20)21-7-8-23-17-30(32,18-31)19-35(12-13-37-5)26(23)14-21/h6-11,14-16H,12-13,17-19H2,1-5H3,(H,34,36)/t30-/m1/s1. The van der Waals surface area contributed by atoms with Crippen LogP contribution in [0, 0.1) is 6.92 Å². The first-order chi connectivity index (χ1) is 17.5. The summed E-state index contributed by atoms with van der Waals surface area (Å²) in [4.78, 5) is 19.3. The van der Waals surface area contributed by atoms with Crippen LogP contribution in [0.3, 0.4) is 0 Å². The van der Waals surface area contributed by atoms with Gasteiger partial charge < -0.3 is 15.0 Å². The van der Waals surface area contributed by atoms with Crippen LogP contribution in [-0.2, 0) is 16.6 Å². The predicted molar refractivity (Wildman–Crippen MR) is 145 cm³/mol. The van der Waals surface area contributed by atoms with Gasteiger partial charge in [0.25, 0.3) is 5.91 Å². The van der Waals surface area contributed by atoms with Crippen molar-refractivity contribution in [2.45, 2.75) is 45.2 Å². The normalized spacial score (nSPS) is 17.4. The number of aryl methyl sites for hydroxylation is 1. The van der Waals surface area contributed by atoms with E-state index in [1.165, 1.54) is 0 Å². The summed E-state index contributed by atoms with van der Waals surface area (Å²) < 4.78 is 33.8. The van der Waals surface area contributed by atoms with E-state index < -0.39 is 12.3 Å². The zero-order valence-corrected chi connectivity index (χ0v) is 22.2. The highest BCUT2D eigenvalue weighted by molar-refractivity contribution is 6.04. The molecule has 2 heterocycles. The summed E-state index contributed by atoms with van der Waals surface area (Å²) in [5, 5.41) is 3.01. The molecule has 0 fully saturated rings. The molecule has 0 bridgehead atoms. The van der Waals surface area contributed by atoms with Gasteiger partial charge in [-0.05, 0) is 59.5 Å². The fourth-order valence-corrected chi connectivity index (χ4v) is 4.69. The van der Waals surface area contributed by atoms with Gasteiger partial charge in [-0.2, -0.15) is 0 Å². The molecule has 0 saturated heterocycles. The Morgan fingerprint density at radius 2 is 1.95 bits per heavy atom. The number of nitrogens with one attached hydrogen (secondary N) is 1.